The third kappa shape index (κ3) is 3.57. The Labute approximate surface area is 63.3 Å². The molecule has 1 unspecified atom stereocenters. The van der Waals surface area contributed by atoms with Crippen LogP contribution in [0.1, 0.15) is 13.3 Å². The first-order chi connectivity index (χ1) is 4.95. The van der Waals surface area contributed by atoms with Crippen molar-refractivity contribution in [3.63, 3.8) is 0 Å². The largest absolute Gasteiger partial charge is 0.481 e. The number of rotatable bonds is 4. The van der Waals surface area contributed by atoms with Crippen LogP contribution in [0.5, 0.6) is 0 Å². The fourth-order valence-corrected chi connectivity index (χ4v) is 0.648. The molecule has 11 heavy (non-hydrogen) atoms. The van der Waals surface area contributed by atoms with Crippen LogP contribution in [0.3, 0.4) is 0 Å². The maximum atomic E-state index is 10.2. The zero-order chi connectivity index (χ0) is 9.02. The minimum absolute atomic E-state index is 0.259. The minimum atomic E-state index is -1.50. The fourth-order valence-electron chi connectivity index (χ4n) is 0.648. The second kappa shape index (κ2) is 3.92. The van der Waals surface area contributed by atoms with Gasteiger partial charge in [0.15, 0.2) is 5.92 Å². The number of carboxylic acids is 2. The van der Waals surface area contributed by atoms with Crippen molar-refractivity contribution in [2.75, 3.05) is 0 Å². The molecule has 0 aromatic carbocycles. The predicted octanol–water partition coefficient (Wildman–Crippen LogP) is -0.457. The van der Waals surface area contributed by atoms with Gasteiger partial charge in [0.1, 0.15) is 0 Å². The molecule has 0 fully saturated rings. The molecule has 3 N–H and O–H groups in total. The van der Waals surface area contributed by atoms with Crippen molar-refractivity contribution in [3.05, 3.63) is 0 Å². The van der Waals surface area contributed by atoms with Gasteiger partial charge in [0, 0.05) is 0 Å². The standard InChI is InChI=1S/C6H10O5/c1-3(7)2-4(5(8)9)6(10)11/h3-4,7H,2H2,1H3,(H,8,9)(H,10,11). The van der Waals surface area contributed by atoms with Crippen LogP contribution in [0.2, 0.25) is 0 Å². The van der Waals surface area contributed by atoms with E-state index in [0.29, 0.717) is 0 Å². The van der Waals surface area contributed by atoms with Gasteiger partial charge in [-0.15, -0.1) is 0 Å². The summed E-state index contributed by atoms with van der Waals surface area (Å²) in [5.74, 6) is -4.34. The van der Waals surface area contributed by atoms with Gasteiger partial charge in [-0.2, -0.15) is 0 Å². The normalized spacial score (nSPS) is 13.0. The van der Waals surface area contributed by atoms with Crippen LogP contribution in [-0.2, 0) is 9.59 Å². The molecule has 0 saturated heterocycles. The second-order valence-corrected chi connectivity index (χ2v) is 2.31. The van der Waals surface area contributed by atoms with Crippen LogP contribution < -0.4 is 0 Å². The summed E-state index contributed by atoms with van der Waals surface area (Å²) in [5.41, 5.74) is 0. The SMILES string of the molecule is CC(O)CC(C(=O)O)C(=O)O. The van der Waals surface area contributed by atoms with Gasteiger partial charge in [-0.05, 0) is 13.3 Å². The van der Waals surface area contributed by atoms with Crippen molar-refractivity contribution in [1.29, 1.82) is 0 Å². The highest BCUT2D eigenvalue weighted by molar-refractivity contribution is 5.92. The van der Waals surface area contributed by atoms with Gasteiger partial charge in [-0.1, -0.05) is 0 Å². The van der Waals surface area contributed by atoms with E-state index >= 15 is 0 Å². The molecule has 5 nitrogen and oxygen atoms in total. The topological polar surface area (TPSA) is 94.8 Å². The Morgan fingerprint density at radius 3 is 1.73 bits per heavy atom. The highest BCUT2D eigenvalue weighted by atomic mass is 16.4. The fraction of sp³-hybridized carbons (Fsp3) is 0.667. The molecule has 0 bridgehead atoms. The van der Waals surface area contributed by atoms with Crippen LogP contribution >= 0.6 is 0 Å². The van der Waals surface area contributed by atoms with Crippen molar-refractivity contribution < 1.29 is 24.9 Å². The smallest absolute Gasteiger partial charge is 0.317 e. The molecule has 0 aliphatic heterocycles. The summed E-state index contributed by atoms with van der Waals surface area (Å²) in [6.07, 6.45) is -1.17. The van der Waals surface area contributed by atoms with Crippen molar-refractivity contribution in [1.82, 2.24) is 0 Å². The van der Waals surface area contributed by atoms with Crippen LogP contribution in [-0.4, -0.2) is 33.4 Å². The zero-order valence-electron chi connectivity index (χ0n) is 6.02. The van der Waals surface area contributed by atoms with E-state index in [4.69, 9.17) is 15.3 Å². The van der Waals surface area contributed by atoms with Gasteiger partial charge in [-0.25, -0.2) is 0 Å². The van der Waals surface area contributed by atoms with Crippen molar-refractivity contribution in [3.8, 4) is 0 Å². The zero-order valence-corrected chi connectivity index (χ0v) is 6.02. The number of hydrogen-bond acceptors (Lipinski definition) is 3. The Hall–Kier alpha value is -1.10. The minimum Gasteiger partial charge on any atom is -0.481 e. The molecule has 0 spiro atoms. The van der Waals surface area contributed by atoms with Gasteiger partial charge in [0.05, 0.1) is 6.10 Å². The molecule has 0 heterocycles. The van der Waals surface area contributed by atoms with Gasteiger partial charge < -0.3 is 15.3 Å². The van der Waals surface area contributed by atoms with Crippen LogP contribution in [0, 0.1) is 5.92 Å². The molecule has 5 heteroatoms. The van der Waals surface area contributed by atoms with E-state index in [1.165, 1.54) is 6.92 Å². The lowest BCUT2D eigenvalue weighted by atomic mass is 10.0. The van der Waals surface area contributed by atoms with Crippen molar-refractivity contribution >= 4 is 11.9 Å². The van der Waals surface area contributed by atoms with E-state index in [-0.39, 0.29) is 6.42 Å². The summed E-state index contributed by atoms with van der Waals surface area (Å²) in [5, 5.41) is 25.3. The average Bonchev–Trinajstić information content (AvgIpc) is 1.81. The summed E-state index contributed by atoms with van der Waals surface area (Å²) in [4.78, 5) is 20.4. The van der Waals surface area contributed by atoms with Gasteiger partial charge in [-0.3, -0.25) is 9.59 Å². The first-order valence-electron chi connectivity index (χ1n) is 3.08. The average molecular weight is 162 g/mol. The quantitative estimate of drug-likeness (QED) is 0.486. The Morgan fingerprint density at radius 1 is 1.27 bits per heavy atom. The third-order valence-electron chi connectivity index (χ3n) is 1.17. The first kappa shape index (κ1) is 9.90. The summed E-state index contributed by atoms with van der Waals surface area (Å²) in [6.45, 7) is 1.35. The van der Waals surface area contributed by atoms with Gasteiger partial charge in [0.25, 0.3) is 0 Å². The molecule has 0 aliphatic rings. The molecule has 0 saturated carbocycles. The van der Waals surface area contributed by atoms with Crippen molar-refractivity contribution in [2.45, 2.75) is 19.4 Å². The summed E-state index contributed by atoms with van der Waals surface area (Å²) in [6, 6.07) is 0. The molecule has 0 aromatic heterocycles. The number of carboxylic acid groups (broad SMARTS) is 2. The number of aliphatic hydroxyl groups is 1. The Balaban J connectivity index is 4.12. The summed E-state index contributed by atoms with van der Waals surface area (Å²) in [7, 11) is 0. The highest BCUT2D eigenvalue weighted by Gasteiger charge is 2.26. The second-order valence-electron chi connectivity index (χ2n) is 2.31. The number of hydrogen-bond donors (Lipinski definition) is 3. The molecular weight excluding hydrogens is 152 g/mol. The molecule has 0 rings (SSSR count). The van der Waals surface area contributed by atoms with Crippen LogP contribution in [0.15, 0.2) is 0 Å². The molecule has 0 radical (unpaired) electrons. The maximum Gasteiger partial charge on any atom is 0.317 e. The maximum absolute atomic E-state index is 10.2. The highest BCUT2D eigenvalue weighted by Crippen LogP contribution is 2.06. The molecule has 1 atom stereocenters. The molecule has 0 aliphatic carbocycles. The number of aliphatic hydroxyl groups excluding tert-OH is 1. The van der Waals surface area contributed by atoms with Gasteiger partial charge >= 0.3 is 11.9 Å². The summed E-state index contributed by atoms with van der Waals surface area (Å²) < 4.78 is 0. The summed E-state index contributed by atoms with van der Waals surface area (Å²) >= 11 is 0. The number of carbonyl (C=O) groups is 2. The molecule has 0 aromatic rings. The van der Waals surface area contributed by atoms with Crippen molar-refractivity contribution in [2.24, 2.45) is 5.92 Å². The molecule has 64 valence electrons. The number of aliphatic carboxylic acids is 2. The predicted molar refractivity (Wildman–Crippen MR) is 35.1 cm³/mol. The molecule has 0 amide bonds. The van der Waals surface area contributed by atoms with E-state index in [1.54, 1.807) is 0 Å². The Bertz CT molecular complexity index is 148. The van der Waals surface area contributed by atoms with E-state index in [1.807, 2.05) is 0 Å². The van der Waals surface area contributed by atoms with E-state index in [9.17, 15) is 9.59 Å². The lowest BCUT2D eigenvalue weighted by Crippen LogP contribution is -2.26. The van der Waals surface area contributed by atoms with E-state index in [0.717, 1.165) is 0 Å². The Morgan fingerprint density at radius 2 is 1.64 bits per heavy atom. The van der Waals surface area contributed by atoms with E-state index < -0.39 is 24.0 Å². The monoisotopic (exact) mass is 162 g/mol. The van der Waals surface area contributed by atoms with Crippen LogP contribution in [0.4, 0.5) is 0 Å². The Kier molecular flexibility index (Phi) is 3.53. The lowest BCUT2D eigenvalue weighted by Gasteiger charge is -2.08. The first-order valence-corrected chi connectivity index (χ1v) is 3.08. The van der Waals surface area contributed by atoms with Gasteiger partial charge in [0.2, 0.25) is 0 Å². The third-order valence-corrected chi connectivity index (χ3v) is 1.17. The molecular formula is C6H10O5. The lowest BCUT2D eigenvalue weighted by molar-refractivity contribution is -0.155. The van der Waals surface area contributed by atoms with Crippen LogP contribution in [0.25, 0.3) is 0 Å². The van der Waals surface area contributed by atoms with E-state index in [2.05, 4.69) is 0 Å².